The molecule has 1 aromatic carbocycles. The second kappa shape index (κ2) is 6.91. The minimum absolute atomic E-state index is 0.715. The van der Waals surface area contributed by atoms with Gasteiger partial charge in [0.15, 0.2) is 0 Å². The number of carboxylic acid groups (broad SMARTS) is 1. The number of hydrogen-bond acceptors (Lipinski definition) is 3. The third kappa shape index (κ3) is 3.96. The highest BCUT2D eigenvalue weighted by Gasteiger charge is 2.11. The van der Waals surface area contributed by atoms with Crippen molar-refractivity contribution in [1.29, 1.82) is 0 Å². The number of nitrogens with zero attached hydrogens (tertiary/aromatic N) is 1. The summed E-state index contributed by atoms with van der Waals surface area (Å²) in [6.07, 6.45) is 5.98. The topological polar surface area (TPSA) is 49.8 Å². The molecule has 4 heteroatoms. The van der Waals surface area contributed by atoms with Crippen LogP contribution in [0.25, 0.3) is 6.08 Å². The van der Waals surface area contributed by atoms with Crippen molar-refractivity contribution in [3.63, 3.8) is 0 Å². The molecule has 0 fully saturated rings. The van der Waals surface area contributed by atoms with E-state index in [1.54, 1.807) is 13.2 Å². The lowest BCUT2D eigenvalue weighted by Crippen LogP contribution is -2.29. The van der Waals surface area contributed by atoms with E-state index in [9.17, 15) is 4.79 Å². The van der Waals surface area contributed by atoms with Crippen LogP contribution in [0.1, 0.15) is 12.0 Å². The predicted octanol–water partition coefficient (Wildman–Crippen LogP) is 2.57. The summed E-state index contributed by atoms with van der Waals surface area (Å²) in [5.41, 5.74) is 3.40. The lowest BCUT2D eigenvalue weighted by atomic mass is 10.1. The van der Waals surface area contributed by atoms with Crippen LogP contribution in [0.3, 0.4) is 0 Å². The quantitative estimate of drug-likeness (QED) is 0.661. The van der Waals surface area contributed by atoms with Crippen LogP contribution in [-0.2, 0) is 9.53 Å². The first-order valence-electron chi connectivity index (χ1n) is 6.62. The zero-order chi connectivity index (χ0) is 14.4. The summed E-state index contributed by atoms with van der Waals surface area (Å²) in [4.78, 5) is 12.8. The largest absolute Gasteiger partial charge is 0.478 e. The summed E-state index contributed by atoms with van der Waals surface area (Å²) in [7, 11) is 1.72. The maximum Gasteiger partial charge on any atom is 0.328 e. The van der Waals surface area contributed by atoms with E-state index in [0.717, 1.165) is 36.8 Å². The molecule has 1 aliphatic rings. The Morgan fingerprint density at radius 1 is 1.40 bits per heavy atom. The summed E-state index contributed by atoms with van der Waals surface area (Å²) in [5, 5.41) is 8.59. The first-order valence-corrected chi connectivity index (χ1v) is 6.62. The van der Waals surface area contributed by atoms with E-state index in [-0.39, 0.29) is 0 Å². The molecular formula is C16H19NO3. The van der Waals surface area contributed by atoms with Gasteiger partial charge >= 0.3 is 5.97 Å². The number of anilines is 1. The second-order valence-electron chi connectivity index (χ2n) is 4.75. The Morgan fingerprint density at radius 2 is 2.15 bits per heavy atom. The van der Waals surface area contributed by atoms with Crippen LogP contribution >= 0.6 is 0 Å². The van der Waals surface area contributed by atoms with Gasteiger partial charge in [-0.25, -0.2) is 4.79 Å². The van der Waals surface area contributed by atoms with Crippen molar-refractivity contribution in [2.75, 3.05) is 31.7 Å². The molecule has 0 spiro atoms. The summed E-state index contributed by atoms with van der Waals surface area (Å²) in [5.74, 6) is -0.930. The van der Waals surface area contributed by atoms with E-state index < -0.39 is 5.97 Å². The molecule has 0 saturated carbocycles. The minimum atomic E-state index is -0.930. The van der Waals surface area contributed by atoms with Gasteiger partial charge in [0.05, 0.1) is 6.61 Å². The van der Waals surface area contributed by atoms with Crippen molar-refractivity contribution >= 4 is 17.7 Å². The number of carboxylic acids is 1. The minimum Gasteiger partial charge on any atom is -0.478 e. The zero-order valence-corrected chi connectivity index (χ0v) is 11.6. The number of rotatable bonds is 5. The van der Waals surface area contributed by atoms with Crippen molar-refractivity contribution in [3.05, 3.63) is 47.6 Å². The van der Waals surface area contributed by atoms with Gasteiger partial charge in [-0.05, 0) is 35.8 Å². The number of ether oxygens (including phenoxy) is 1. The van der Waals surface area contributed by atoms with Crippen molar-refractivity contribution in [3.8, 4) is 0 Å². The summed E-state index contributed by atoms with van der Waals surface area (Å²) < 4.78 is 5.14. The van der Waals surface area contributed by atoms with Crippen molar-refractivity contribution in [2.45, 2.75) is 6.42 Å². The first kappa shape index (κ1) is 14.3. The molecule has 2 rings (SSSR count). The number of carbonyl (C=O) groups is 1. The predicted molar refractivity (Wildman–Crippen MR) is 79.9 cm³/mol. The highest BCUT2D eigenvalue weighted by molar-refractivity contribution is 5.85. The normalized spacial score (nSPS) is 15.4. The molecule has 0 unspecified atom stereocenters. The van der Waals surface area contributed by atoms with Gasteiger partial charge in [-0.1, -0.05) is 18.2 Å². The van der Waals surface area contributed by atoms with Gasteiger partial charge in [0, 0.05) is 32.0 Å². The summed E-state index contributed by atoms with van der Waals surface area (Å²) in [6.45, 7) is 2.59. The van der Waals surface area contributed by atoms with E-state index in [1.165, 1.54) is 5.57 Å². The van der Waals surface area contributed by atoms with Gasteiger partial charge in [0.25, 0.3) is 0 Å². The molecule has 1 aliphatic heterocycles. The fourth-order valence-electron chi connectivity index (χ4n) is 2.23. The Morgan fingerprint density at radius 3 is 2.70 bits per heavy atom. The van der Waals surface area contributed by atoms with Gasteiger partial charge in [-0.3, -0.25) is 0 Å². The third-order valence-electron chi connectivity index (χ3n) is 3.31. The number of benzene rings is 1. The number of hydrogen-bond donors (Lipinski definition) is 1. The van der Waals surface area contributed by atoms with E-state index in [1.807, 2.05) is 24.3 Å². The molecule has 0 radical (unpaired) electrons. The van der Waals surface area contributed by atoms with Gasteiger partial charge in [0.1, 0.15) is 0 Å². The SMILES string of the molecule is COCC1=CCN(c2ccc(/C=C/C(=O)O)cc2)CC1. The van der Waals surface area contributed by atoms with Crippen LogP contribution in [0.5, 0.6) is 0 Å². The molecule has 0 aliphatic carbocycles. The molecule has 4 nitrogen and oxygen atoms in total. The maximum atomic E-state index is 10.5. The van der Waals surface area contributed by atoms with Crippen molar-refractivity contribution < 1.29 is 14.6 Å². The second-order valence-corrected chi connectivity index (χ2v) is 4.75. The summed E-state index contributed by atoms with van der Waals surface area (Å²) >= 11 is 0. The third-order valence-corrected chi connectivity index (χ3v) is 3.31. The Bertz CT molecular complexity index is 517. The Kier molecular flexibility index (Phi) is 4.96. The standard InChI is InChI=1S/C16H19NO3/c1-20-12-14-8-10-17(11-9-14)15-5-2-13(3-6-15)4-7-16(18)19/h2-8H,9-12H2,1H3,(H,18,19)/b7-4+. The fourth-order valence-corrected chi connectivity index (χ4v) is 2.23. The maximum absolute atomic E-state index is 10.5. The van der Waals surface area contributed by atoms with Gasteiger partial charge < -0.3 is 14.7 Å². The molecule has 1 aromatic rings. The van der Waals surface area contributed by atoms with Crippen LogP contribution in [0.15, 0.2) is 42.0 Å². The van der Waals surface area contributed by atoms with Crippen LogP contribution in [-0.4, -0.2) is 37.9 Å². The highest BCUT2D eigenvalue weighted by Crippen LogP contribution is 2.20. The molecule has 1 heterocycles. The number of aliphatic carboxylic acids is 1. The molecule has 0 aromatic heterocycles. The average Bonchev–Trinajstić information content (AvgIpc) is 2.47. The smallest absolute Gasteiger partial charge is 0.328 e. The fraction of sp³-hybridized carbons (Fsp3) is 0.312. The molecule has 20 heavy (non-hydrogen) atoms. The van der Waals surface area contributed by atoms with Gasteiger partial charge in [-0.2, -0.15) is 0 Å². The van der Waals surface area contributed by atoms with Crippen LogP contribution in [0.2, 0.25) is 0 Å². The monoisotopic (exact) mass is 273 g/mol. The lowest BCUT2D eigenvalue weighted by Gasteiger charge is -2.28. The zero-order valence-electron chi connectivity index (χ0n) is 11.6. The molecule has 106 valence electrons. The van der Waals surface area contributed by atoms with E-state index in [4.69, 9.17) is 9.84 Å². The molecule has 0 bridgehead atoms. The van der Waals surface area contributed by atoms with Gasteiger partial charge in [-0.15, -0.1) is 0 Å². The number of methoxy groups -OCH3 is 1. The highest BCUT2D eigenvalue weighted by atomic mass is 16.5. The Hall–Kier alpha value is -2.07. The van der Waals surface area contributed by atoms with E-state index >= 15 is 0 Å². The first-order chi connectivity index (χ1) is 9.69. The molecular weight excluding hydrogens is 254 g/mol. The van der Waals surface area contributed by atoms with E-state index in [2.05, 4.69) is 11.0 Å². The summed E-state index contributed by atoms with van der Waals surface area (Å²) in [6, 6.07) is 7.92. The Labute approximate surface area is 119 Å². The molecule has 0 atom stereocenters. The van der Waals surface area contributed by atoms with Crippen LogP contribution in [0, 0.1) is 0 Å². The molecule has 0 saturated heterocycles. The van der Waals surface area contributed by atoms with Crippen molar-refractivity contribution in [2.24, 2.45) is 0 Å². The molecule has 1 N–H and O–H groups in total. The molecule has 0 amide bonds. The lowest BCUT2D eigenvalue weighted by molar-refractivity contribution is -0.131. The van der Waals surface area contributed by atoms with Gasteiger partial charge in [0.2, 0.25) is 0 Å². The van der Waals surface area contributed by atoms with Crippen LogP contribution in [0.4, 0.5) is 5.69 Å². The average molecular weight is 273 g/mol. The Balaban J connectivity index is 1.99. The van der Waals surface area contributed by atoms with Crippen LogP contribution < -0.4 is 4.90 Å². The van der Waals surface area contributed by atoms with Crippen molar-refractivity contribution in [1.82, 2.24) is 0 Å². The van der Waals surface area contributed by atoms with E-state index in [0.29, 0.717) is 6.61 Å².